The van der Waals surface area contributed by atoms with Crippen LogP contribution in [0.4, 0.5) is 5.69 Å². The lowest BCUT2D eigenvalue weighted by atomic mass is 9.85. The lowest BCUT2D eigenvalue weighted by molar-refractivity contribution is -0.123. The zero-order valence-corrected chi connectivity index (χ0v) is 26.0. The van der Waals surface area contributed by atoms with Crippen LogP contribution < -0.4 is 10.2 Å². The van der Waals surface area contributed by atoms with E-state index < -0.39 is 0 Å². The summed E-state index contributed by atoms with van der Waals surface area (Å²) in [5.41, 5.74) is 6.86. The molecule has 4 aromatic rings. The molecular weight excluding hydrogens is 560 g/mol. The normalized spacial score (nSPS) is 21.8. The molecule has 7 rings (SSSR count). The molecule has 1 saturated carbocycles. The molecule has 3 aliphatic rings. The van der Waals surface area contributed by atoms with Gasteiger partial charge in [-0.3, -0.25) is 19.3 Å². The number of imide groups is 1. The number of rotatable bonds is 11. The Kier molecular flexibility index (Phi) is 7.88. The van der Waals surface area contributed by atoms with Gasteiger partial charge in [0.15, 0.2) is 0 Å². The van der Waals surface area contributed by atoms with E-state index in [1.54, 1.807) is 0 Å². The van der Waals surface area contributed by atoms with E-state index in [-0.39, 0.29) is 41.4 Å². The van der Waals surface area contributed by atoms with Crippen LogP contribution >= 0.6 is 0 Å². The third-order valence-corrected chi connectivity index (χ3v) is 9.90. The van der Waals surface area contributed by atoms with E-state index in [0.717, 1.165) is 60.7 Å². The Balaban J connectivity index is 1.01. The standard InChI is InChI=1S/C38H40N4O3/c1-41(2)20-19-30-31-21-25(13-18-32(31)40-35(30)36(43)39-23-26-7-4-3-5-8-26)10-6-9-24-11-16-29(17-12-24)42-37(44)33-27-14-15-28(22-27)34(33)38(42)45/h3-5,7-8,11-18,21,27-28,33-34,40H,6,9-10,19-20,22-23H2,1-2H3,(H,39,43)/t27-,28+,33?,34?. The fourth-order valence-corrected chi connectivity index (χ4v) is 7.57. The minimum atomic E-state index is -0.173. The molecule has 0 spiro atoms. The predicted octanol–water partition coefficient (Wildman–Crippen LogP) is 5.69. The van der Waals surface area contributed by atoms with Gasteiger partial charge >= 0.3 is 0 Å². The summed E-state index contributed by atoms with van der Waals surface area (Å²) in [6, 6.07) is 24.4. The minimum absolute atomic E-state index is 0.0310. The molecule has 1 aliphatic heterocycles. The Morgan fingerprint density at radius 1 is 0.844 bits per heavy atom. The Morgan fingerprint density at radius 3 is 2.20 bits per heavy atom. The number of anilines is 1. The van der Waals surface area contributed by atoms with E-state index >= 15 is 0 Å². The van der Waals surface area contributed by atoms with Crippen LogP contribution in [0.2, 0.25) is 0 Å². The van der Waals surface area contributed by atoms with Crippen molar-refractivity contribution < 1.29 is 14.4 Å². The van der Waals surface area contributed by atoms with Crippen molar-refractivity contribution >= 4 is 34.3 Å². The number of benzene rings is 3. The molecule has 230 valence electrons. The highest BCUT2D eigenvalue weighted by atomic mass is 16.2. The number of fused-ring (bicyclic) bond motifs is 6. The van der Waals surface area contributed by atoms with Crippen LogP contribution in [0.3, 0.4) is 0 Å². The predicted molar refractivity (Wildman–Crippen MR) is 177 cm³/mol. The molecule has 2 N–H and O–H groups in total. The zero-order chi connectivity index (χ0) is 31.1. The highest BCUT2D eigenvalue weighted by Gasteiger charge is 2.59. The van der Waals surface area contributed by atoms with Crippen molar-refractivity contribution in [2.75, 3.05) is 25.5 Å². The summed E-state index contributed by atoms with van der Waals surface area (Å²) in [4.78, 5) is 46.6. The maximum Gasteiger partial charge on any atom is 0.268 e. The van der Waals surface area contributed by atoms with E-state index in [0.29, 0.717) is 17.9 Å². The van der Waals surface area contributed by atoms with Crippen molar-refractivity contribution in [2.45, 2.75) is 38.6 Å². The van der Waals surface area contributed by atoms with Gasteiger partial charge in [-0.1, -0.05) is 60.7 Å². The highest BCUT2D eigenvalue weighted by molar-refractivity contribution is 6.22. The van der Waals surface area contributed by atoms with Gasteiger partial charge in [0.1, 0.15) is 5.69 Å². The van der Waals surface area contributed by atoms with E-state index in [9.17, 15) is 14.4 Å². The number of hydrogen-bond acceptors (Lipinski definition) is 4. The Morgan fingerprint density at radius 2 is 1.51 bits per heavy atom. The quantitative estimate of drug-likeness (QED) is 0.171. The van der Waals surface area contributed by atoms with Crippen LogP contribution in [-0.2, 0) is 35.4 Å². The molecule has 3 amide bonds. The smallest absolute Gasteiger partial charge is 0.268 e. The zero-order valence-electron chi connectivity index (χ0n) is 26.0. The van der Waals surface area contributed by atoms with Crippen LogP contribution in [0.15, 0.2) is 84.9 Å². The van der Waals surface area contributed by atoms with Crippen molar-refractivity contribution in [3.63, 3.8) is 0 Å². The third kappa shape index (κ3) is 5.61. The summed E-state index contributed by atoms with van der Waals surface area (Å²) in [5, 5.41) is 4.20. The monoisotopic (exact) mass is 600 g/mol. The summed E-state index contributed by atoms with van der Waals surface area (Å²) in [7, 11) is 4.10. The van der Waals surface area contributed by atoms with E-state index in [2.05, 4.69) is 59.6 Å². The number of carbonyl (C=O) groups excluding carboxylic acids is 3. The highest BCUT2D eigenvalue weighted by Crippen LogP contribution is 2.53. The molecule has 1 aromatic heterocycles. The van der Waals surface area contributed by atoms with Gasteiger partial charge in [-0.05, 0) is 105 Å². The lowest BCUT2D eigenvalue weighted by Gasteiger charge is -2.17. The number of nitrogens with zero attached hydrogens (tertiary/aromatic N) is 2. The first-order valence-electron chi connectivity index (χ1n) is 16.1. The van der Waals surface area contributed by atoms with Crippen molar-refractivity contribution in [2.24, 2.45) is 23.7 Å². The lowest BCUT2D eigenvalue weighted by Crippen LogP contribution is -2.32. The Hall–Kier alpha value is -4.49. The van der Waals surface area contributed by atoms with Crippen molar-refractivity contribution in [1.29, 1.82) is 0 Å². The average Bonchev–Trinajstić information content (AvgIpc) is 3.82. The largest absolute Gasteiger partial charge is 0.350 e. The van der Waals surface area contributed by atoms with Crippen molar-refractivity contribution in [3.05, 3.63) is 113 Å². The third-order valence-electron chi connectivity index (χ3n) is 9.90. The number of aromatic amines is 1. The van der Waals surface area contributed by atoms with Gasteiger partial charge in [0.2, 0.25) is 11.8 Å². The molecule has 2 aliphatic carbocycles. The second-order valence-corrected chi connectivity index (χ2v) is 13.1. The van der Waals surface area contributed by atoms with Crippen LogP contribution in [0, 0.1) is 23.7 Å². The minimum Gasteiger partial charge on any atom is -0.350 e. The summed E-state index contributed by atoms with van der Waals surface area (Å²) in [6.45, 7) is 1.33. The number of H-pyrrole nitrogens is 1. The van der Waals surface area contributed by atoms with Crippen LogP contribution in [0.5, 0.6) is 0 Å². The Labute approximate surface area is 264 Å². The topological polar surface area (TPSA) is 85.5 Å². The summed E-state index contributed by atoms with van der Waals surface area (Å²) in [6.07, 6.45) is 8.75. The molecule has 1 saturated heterocycles. The number of carbonyl (C=O) groups is 3. The molecule has 2 heterocycles. The van der Waals surface area contributed by atoms with Gasteiger partial charge in [0.25, 0.3) is 5.91 Å². The maximum absolute atomic E-state index is 13.3. The van der Waals surface area contributed by atoms with Gasteiger partial charge < -0.3 is 15.2 Å². The first kappa shape index (κ1) is 29.2. The van der Waals surface area contributed by atoms with E-state index in [4.69, 9.17) is 0 Å². The van der Waals surface area contributed by atoms with Crippen LogP contribution in [0.1, 0.15) is 45.6 Å². The SMILES string of the molecule is CN(C)CCc1c(C(=O)NCc2ccccc2)[nH]c2ccc(CCCc3ccc(N4C(=O)C5C(C4=O)[C@H]4C=C[C@@H]5C4)cc3)cc12. The van der Waals surface area contributed by atoms with Crippen LogP contribution in [0.25, 0.3) is 10.9 Å². The molecule has 2 bridgehead atoms. The fraction of sp³-hybridized carbons (Fsp3) is 0.342. The number of aromatic nitrogens is 1. The maximum atomic E-state index is 13.3. The molecule has 7 heteroatoms. The molecule has 2 fully saturated rings. The van der Waals surface area contributed by atoms with Gasteiger partial charge in [0, 0.05) is 24.0 Å². The molecule has 4 atom stereocenters. The van der Waals surface area contributed by atoms with Gasteiger partial charge in [-0.2, -0.15) is 0 Å². The molecule has 45 heavy (non-hydrogen) atoms. The molecule has 2 unspecified atom stereocenters. The number of nitrogens with one attached hydrogen (secondary N) is 2. The van der Waals surface area contributed by atoms with Gasteiger partial charge in [-0.15, -0.1) is 0 Å². The van der Waals surface area contributed by atoms with Crippen molar-refractivity contribution in [3.8, 4) is 0 Å². The Bertz CT molecular complexity index is 1740. The van der Waals surface area contributed by atoms with E-state index in [1.165, 1.54) is 16.0 Å². The second-order valence-electron chi connectivity index (χ2n) is 13.1. The van der Waals surface area contributed by atoms with E-state index in [1.807, 2.05) is 54.6 Å². The number of aryl methyl sites for hydroxylation is 2. The fourth-order valence-electron chi connectivity index (χ4n) is 7.57. The van der Waals surface area contributed by atoms with Crippen molar-refractivity contribution in [1.82, 2.24) is 15.2 Å². The summed E-state index contributed by atoms with van der Waals surface area (Å²) in [5.74, 6) is -0.0517. The second kappa shape index (κ2) is 12.1. The molecule has 7 nitrogen and oxygen atoms in total. The van der Waals surface area contributed by atoms with Gasteiger partial charge in [-0.25, -0.2) is 0 Å². The summed E-state index contributed by atoms with van der Waals surface area (Å²) < 4.78 is 0. The number of hydrogen-bond donors (Lipinski definition) is 2. The summed E-state index contributed by atoms with van der Waals surface area (Å²) >= 11 is 0. The molecule has 3 aromatic carbocycles. The molecule has 0 radical (unpaired) electrons. The molecular formula is C38H40N4O3. The van der Waals surface area contributed by atoms with Gasteiger partial charge in [0.05, 0.1) is 17.5 Å². The van der Waals surface area contributed by atoms with Crippen LogP contribution in [-0.4, -0.2) is 48.2 Å². The number of likely N-dealkylation sites (N-methyl/N-ethyl adjacent to an activating group) is 1. The number of allylic oxidation sites excluding steroid dienone is 2. The first-order valence-corrected chi connectivity index (χ1v) is 16.1. The average molecular weight is 601 g/mol. The number of amides is 3. The first-order chi connectivity index (χ1) is 21.9.